The van der Waals surface area contributed by atoms with Crippen LogP contribution in [0.25, 0.3) is 0 Å². The Morgan fingerprint density at radius 1 is 0.421 bits per heavy atom. The molecule has 0 aromatic heterocycles. The zero-order valence-electron chi connectivity index (χ0n) is 47.5. The summed E-state index contributed by atoms with van der Waals surface area (Å²) in [6.45, 7) is 12.7. The number of carboxylic acids is 2. The fourth-order valence-corrected chi connectivity index (χ4v) is 9.23. The maximum atomic E-state index is 11.2. The first-order valence-electron chi connectivity index (χ1n) is 29.2. The summed E-state index contributed by atoms with van der Waals surface area (Å²) in [7, 11) is 0. The molecule has 4 aromatic carbocycles. The van der Waals surface area contributed by atoms with E-state index in [2.05, 4.69) is 76.2 Å². The fourth-order valence-electron chi connectivity index (χ4n) is 9.23. The average molecular weight is 1090 g/mol. The topological polar surface area (TPSA) is 186 Å². The Morgan fingerprint density at radius 2 is 0.724 bits per heavy atom. The Kier molecular flexibility index (Phi) is 38.9. The van der Waals surface area contributed by atoms with Crippen molar-refractivity contribution >= 4 is 34.7 Å². The third kappa shape index (κ3) is 28.3. The maximum absolute atomic E-state index is 11.2. The number of unbranched alkanes of at least 4 members (excludes halogenated alkanes) is 21. The number of carbonyl (C=O) groups is 2. The summed E-state index contributed by atoms with van der Waals surface area (Å²) >= 11 is 0. The van der Waals surface area contributed by atoms with Crippen molar-refractivity contribution < 1.29 is 56.7 Å². The van der Waals surface area contributed by atoms with Crippen LogP contribution in [0.5, 0.6) is 23.0 Å². The number of benzene rings is 4. The predicted octanol–water partition coefficient (Wildman–Crippen LogP) is 17.7. The third-order valence-electron chi connectivity index (χ3n) is 13.7. The van der Waals surface area contributed by atoms with Crippen LogP contribution in [0.3, 0.4) is 0 Å². The number of rotatable bonds is 36. The van der Waals surface area contributed by atoms with Gasteiger partial charge in [-0.15, -0.1) is 0 Å². The Bertz CT molecular complexity index is 2200. The molecule has 0 bridgehead atoms. The summed E-state index contributed by atoms with van der Waals surface area (Å²) in [6.07, 6.45) is 38.7. The number of phenolic OH excluding ortho intramolecular Hbond substituents is 2. The molecule has 11 heteroatoms. The van der Waals surface area contributed by atoms with Gasteiger partial charge >= 0.3 is 28.4 Å². The molecule has 0 heterocycles. The van der Waals surface area contributed by atoms with E-state index in [1.165, 1.54) is 207 Å². The van der Waals surface area contributed by atoms with Gasteiger partial charge in [0.1, 0.15) is 11.5 Å². The minimum absolute atomic E-state index is 0. The van der Waals surface area contributed by atoms with Crippen LogP contribution < -0.4 is 10.2 Å². The zero-order valence-corrected chi connectivity index (χ0v) is 48.5. The molecule has 0 aliphatic rings. The van der Waals surface area contributed by atoms with Gasteiger partial charge in [-0.05, 0) is 123 Å². The zero-order chi connectivity index (χ0) is 55.1. The SMILES string of the molecule is CCCCCCCCCCCc1cccc(N=C(CCCCC)C(CCCCCC)=Nc2cccc(CCCCCCCCCCC)c2)c1.CCc1ccc(O)c([O-])c1C(=O)O.CCc1ccc(O)c([O-])c1C(=O)O.[Ni+2]. The molecule has 0 aliphatic heterocycles. The molecule has 0 saturated carbocycles. The van der Waals surface area contributed by atoms with Crippen molar-refractivity contribution in [3.8, 4) is 23.0 Å². The number of aliphatic imine (C=N–C) groups is 2. The molecule has 4 rings (SSSR count). The van der Waals surface area contributed by atoms with E-state index >= 15 is 0 Å². The molecule has 4 N–H and O–H groups in total. The van der Waals surface area contributed by atoms with Crippen molar-refractivity contribution in [3.63, 3.8) is 0 Å². The minimum Gasteiger partial charge on any atom is -0.869 e. The smallest absolute Gasteiger partial charge is 0.869 e. The van der Waals surface area contributed by atoms with Gasteiger partial charge in [0.25, 0.3) is 0 Å². The largest absolute Gasteiger partial charge is 2.00 e. The second-order valence-electron chi connectivity index (χ2n) is 20.1. The van der Waals surface area contributed by atoms with E-state index in [0.717, 1.165) is 37.1 Å². The van der Waals surface area contributed by atoms with Crippen LogP contribution in [0.2, 0.25) is 0 Å². The van der Waals surface area contributed by atoms with Crippen LogP contribution in [0.4, 0.5) is 11.4 Å². The number of hydrogen-bond donors (Lipinski definition) is 4. The first kappa shape index (κ1) is 68.9. The quantitative estimate of drug-likeness (QED) is 0.0197. The number of hydrogen-bond acceptors (Lipinski definition) is 8. The van der Waals surface area contributed by atoms with Crippen molar-refractivity contribution in [1.82, 2.24) is 0 Å². The fraction of sp³-hybridized carbons (Fsp3) is 0.569. The Balaban J connectivity index is 0.000000861. The van der Waals surface area contributed by atoms with Crippen molar-refractivity contribution in [2.24, 2.45) is 9.98 Å². The van der Waals surface area contributed by atoms with Gasteiger partial charge in [-0.1, -0.05) is 224 Å². The predicted molar refractivity (Wildman–Crippen MR) is 310 cm³/mol. The standard InChI is InChI=1S/C47H78N2.2C9H10O4.Ni/c1-5-9-13-16-18-20-22-24-27-32-42-34-30-36-44(40-42)48-46(38-26-12-8-4)47(39-29-15-11-7-3)49-45-37-31-35-43(41-45)33-28-25-23-21-19-17-14-10-6-2;2*1-2-5-3-4-6(10)8(11)7(5)9(12)13;/h30-31,34-37,40-41H,5-29,32-33,38-39H2,1-4H3;2*3-4,10-11H,2H2,1H3,(H,12,13);/q;;;+2/p-2. The summed E-state index contributed by atoms with van der Waals surface area (Å²) in [5.41, 5.74) is 7.74. The molecule has 0 spiro atoms. The van der Waals surface area contributed by atoms with Crippen LogP contribution in [0.15, 0.2) is 82.8 Å². The molecule has 4 aromatic rings. The van der Waals surface area contributed by atoms with Crippen LogP contribution in [-0.2, 0) is 42.2 Å². The second-order valence-corrected chi connectivity index (χ2v) is 20.1. The third-order valence-corrected chi connectivity index (χ3v) is 13.7. The van der Waals surface area contributed by atoms with Gasteiger partial charge in [-0.2, -0.15) is 0 Å². The first-order valence-corrected chi connectivity index (χ1v) is 29.2. The van der Waals surface area contributed by atoms with Crippen molar-refractivity contribution in [2.45, 2.75) is 241 Å². The number of phenols is 2. The van der Waals surface area contributed by atoms with E-state index in [-0.39, 0.29) is 27.6 Å². The number of aromatic carboxylic acids is 2. The monoisotopic (exact) mass is 1090 g/mol. The van der Waals surface area contributed by atoms with Gasteiger partial charge in [0.15, 0.2) is 0 Å². The summed E-state index contributed by atoms with van der Waals surface area (Å²) in [6, 6.07) is 23.5. The van der Waals surface area contributed by atoms with Crippen molar-refractivity contribution in [2.75, 3.05) is 0 Å². The molecule has 0 amide bonds. The van der Waals surface area contributed by atoms with Crippen LogP contribution in [0, 0.1) is 0 Å². The molecule has 76 heavy (non-hydrogen) atoms. The van der Waals surface area contributed by atoms with E-state index in [1.807, 2.05) is 0 Å². The van der Waals surface area contributed by atoms with E-state index in [1.54, 1.807) is 13.8 Å². The van der Waals surface area contributed by atoms with E-state index in [9.17, 15) is 19.8 Å². The summed E-state index contributed by atoms with van der Waals surface area (Å²) in [5, 5.41) is 57.7. The Labute approximate surface area is 469 Å². The van der Waals surface area contributed by atoms with Crippen molar-refractivity contribution in [1.29, 1.82) is 0 Å². The summed E-state index contributed by atoms with van der Waals surface area (Å²) < 4.78 is 0. The summed E-state index contributed by atoms with van der Waals surface area (Å²) in [4.78, 5) is 32.1. The molecular weight excluding hydrogens is 995 g/mol. The molecule has 424 valence electrons. The summed E-state index contributed by atoms with van der Waals surface area (Å²) in [5.74, 6) is -5.25. The number of aryl methyl sites for hydroxylation is 4. The molecule has 0 saturated heterocycles. The van der Waals surface area contributed by atoms with Crippen LogP contribution in [-0.4, -0.2) is 43.8 Å². The molecule has 0 fully saturated rings. The second kappa shape index (κ2) is 42.9. The minimum atomic E-state index is -1.29. The molecule has 0 radical (unpaired) electrons. The molecule has 0 unspecified atom stereocenters. The van der Waals surface area contributed by atoms with Gasteiger partial charge in [-0.3, -0.25) is 9.98 Å². The number of carboxylic acid groups (broad SMARTS) is 2. The van der Waals surface area contributed by atoms with Gasteiger partial charge in [0, 0.05) is 0 Å². The van der Waals surface area contributed by atoms with Gasteiger partial charge < -0.3 is 30.6 Å². The van der Waals surface area contributed by atoms with Gasteiger partial charge in [0.2, 0.25) is 0 Å². The van der Waals surface area contributed by atoms with E-state index in [4.69, 9.17) is 30.4 Å². The van der Waals surface area contributed by atoms with Crippen LogP contribution in [0.1, 0.15) is 258 Å². The van der Waals surface area contributed by atoms with Crippen molar-refractivity contribution in [3.05, 3.63) is 106 Å². The van der Waals surface area contributed by atoms with Crippen LogP contribution >= 0.6 is 0 Å². The first-order chi connectivity index (χ1) is 36.3. The maximum Gasteiger partial charge on any atom is 2.00 e. The van der Waals surface area contributed by atoms with Gasteiger partial charge in [0.05, 0.1) is 33.9 Å². The van der Waals surface area contributed by atoms with E-state index in [0.29, 0.717) is 24.0 Å². The molecular formula is C65H96N2NiO8. The Hall–Kier alpha value is -5.15. The number of aromatic hydroxyl groups is 2. The average Bonchev–Trinajstić information content (AvgIpc) is 3.40. The molecule has 10 nitrogen and oxygen atoms in total. The molecule has 0 aliphatic carbocycles. The van der Waals surface area contributed by atoms with Gasteiger partial charge in [-0.25, -0.2) is 9.59 Å². The Morgan fingerprint density at radius 3 is 1.05 bits per heavy atom. The molecule has 0 atom stereocenters. The van der Waals surface area contributed by atoms with E-state index < -0.39 is 34.9 Å². The normalized spacial score (nSPS) is 11.3. The number of nitrogens with zero attached hydrogens (tertiary/aromatic N) is 2.